The highest BCUT2D eigenvalue weighted by atomic mass is 16.3. The van der Waals surface area contributed by atoms with E-state index in [1.54, 1.807) is 17.1 Å². The van der Waals surface area contributed by atoms with Gasteiger partial charge in [-0.25, -0.2) is 15.0 Å². The Hall–Kier alpha value is -4.53. The maximum atomic E-state index is 12.9. The fourth-order valence-corrected chi connectivity index (χ4v) is 4.85. The monoisotopic (exact) mass is 507 g/mol. The maximum Gasteiger partial charge on any atom is 0.229 e. The molecule has 6 rings (SSSR count). The number of carbonyl (C=O) groups is 1. The first kappa shape index (κ1) is 23.8. The molecule has 0 aliphatic heterocycles. The second-order valence-corrected chi connectivity index (χ2v) is 10.3. The number of hydrogen-bond donors (Lipinski definition) is 2. The van der Waals surface area contributed by atoms with E-state index in [0.717, 1.165) is 50.8 Å². The van der Waals surface area contributed by atoms with Crippen LogP contribution in [0.4, 0.5) is 11.6 Å². The molecule has 38 heavy (non-hydrogen) atoms. The minimum absolute atomic E-state index is 0.0356. The second kappa shape index (κ2) is 9.09. The molecule has 1 aliphatic carbocycles. The van der Waals surface area contributed by atoms with Crippen LogP contribution in [0.1, 0.15) is 48.9 Å². The number of rotatable bonds is 6. The summed E-state index contributed by atoms with van der Waals surface area (Å²) >= 11 is 0. The number of fused-ring (bicyclic) bond motifs is 1. The molecule has 1 amide bonds. The molecule has 0 saturated heterocycles. The van der Waals surface area contributed by atoms with E-state index in [2.05, 4.69) is 39.2 Å². The van der Waals surface area contributed by atoms with Crippen molar-refractivity contribution in [3.05, 3.63) is 72.0 Å². The van der Waals surface area contributed by atoms with E-state index >= 15 is 0 Å². The molecule has 0 spiro atoms. The van der Waals surface area contributed by atoms with Crippen LogP contribution in [-0.4, -0.2) is 30.6 Å². The number of aryl methyl sites for hydroxylation is 2. The van der Waals surface area contributed by atoms with Crippen molar-refractivity contribution in [2.45, 2.75) is 39.0 Å². The van der Waals surface area contributed by atoms with Crippen LogP contribution in [0.5, 0.6) is 0 Å². The summed E-state index contributed by atoms with van der Waals surface area (Å²) in [5.74, 6) is 1.88. The molecule has 9 nitrogen and oxygen atoms in total. The Morgan fingerprint density at radius 1 is 1.18 bits per heavy atom. The minimum atomic E-state index is -0.0730. The molecule has 1 aliphatic rings. The van der Waals surface area contributed by atoms with E-state index in [1.807, 2.05) is 56.7 Å². The standard InChI is InChI=1S/C29H29N7O2/c1-15(2)25-14-38-29(34-25)17-5-6-20(16(3)7-17)24-8-18-9-26(31-12-23(18)27(30)33-24)35-28(37)22-10-21(22)19-11-32-36(4)13-19/h5-9,11-15,21-22H,10H2,1-4H3,(H2,30,33)(H,31,35,37)/t21-,22?/m0/s1. The summed E-state index contributed by atoms with van der Waals surface area (Å²) in [4.78, 5) is 26.5. The van der Waals surface area contributed by atoms with Gasteiger partial charge in [0.25, 0.3) is 0 Å². The summed E-state index contributed by atoms with van der Waals surface area (Å²) < 4.78 is 7.46. The molecule has 1 fully saturated rings. The molecule has 5 aromatic rings. The van der Waals surface area contributed by atoms with Gasteiger partial charge in [-0.2, -0.15) is 5.10 Å². The molecule has 9 heteroatoms. The van der Waals surface area contributed by atoms with Gasteiger partial charge >= 0.3 is 0 Å². The molecule has 4 heterocycles. The van der Waals surface area contributed by atoms with E-state index in [-0.39, 0.29) is 17.7 Å². The van der Waals surface area contributed by atoms with Crippen molar-refractivity contribution in [1.82, 2.24) is 24.7 Å². The Balaban J connectivity index is 1.25. The number of nitrogens with two attached hydrogens (primary N) is 1. The summed E-state index contributed by atoms with van der Waals surface area (Å²) in [6.07, 6.45) is 7.97. The van der Waals surface area contributed by atoms with Crippen LogP contribution in [0.3, 0.4) is 0 Å². The lowest BCUT2D eigenvalue weighted by Crippen LogP contribution is -2.15. The fourth-order valence-electron chi connectivity index (χ4n) is 4.85. The Labute approximate surface area is 220 Å². The highest BCUT2D eigenvalue weighted by Crippen LogP contribution is 2.47. The predicted octanol–water partition coefficient (Wildman–Crippen LogP) is 5.44. The van der Waals surface area contributed by atoms with Crippen LogP contribution >= 0.6 is 0 Å². The number of nitrogen functional groups attached to an aromatic ring is 1. The zero-order valence-electron chi connectivity index (χ0n) is 21.8. The van der Waals surface area contributed by atoms with Crippen molar-refractivity contribution in [3.63, 3.8) is 0 Å². The third kappa shape index (κ3) is 4.40. The SMILES string of the molecule is Cc1cc(-c2nc(C(C)C)co2)ccc1-c1cc2cc(NC(=O)C3C[C@H]3c3cnn(C)c3)ncc2c(N)n1. The van der Waals surface area contributed by atoms with E-state index in [9.17, 15) is 4.79 Å². The average molecular weight is 508 g/mol. The fraction of sp³-hybridized carbons (Fsp3) is 0.276. The van der Waals surface area contributed by atoms with E-state index in [0.29, 0.717) is 23.4 Å². The van der Waals surface area contributed by atoms with Crippen LogP contribution in [0.2, 0.25) is 0 Å². The Morgan fingerprint density at radius 2 is 2.03 bits per heavy atom. The summed E-state index contributed by atoms with van der Waals surface area (Å²) in [5, 5.41) is 8.78. The van der Waals surface area contributed by atoms with Crippen molar-refractivity contribution in [2.75, 3.05) is 11.1 Å². The minimum Gasteiger partial charge on any atom is -0.444 e. The summed E-state index contributed by atoms with van der Waals surface area (Å²) in [6.45, 7) is 6.20. The van der Waals surface area contributed by atoms with Gasteiger partial charge in [-0.1, -0.05) is 19.9 Å². The lowest BCUT2D eigenvalue weighted by Gasteiger charge is -2.11. The third-order valence-electron chi connectivity index (χ3n) is 7.14. The molecular formula is C29H29N7O2. The number of carbonyl (C=O) groups excluding carboxylic acids is 1. The zero-order chi connectivity index (χ0) is 26.6. The number of hydrogen-bond acceptors (Lipinski definition) is 7. The van der Waals surface area contributed by atoms with Gasteiger partial charge in [0.05, 0.1) is 17.6 Å². The number of pyridine rings is 2. The van der Waals surface area contributed by atoms with Gasteiger partial charge in [0.2, 0.25) is 11.8 Å². The molecule has 3 N–H and O–H groups in total. The summed E-state index contributed by atoms with van der Waals surface area (Å²) in [7, 11) is 1.88. The van der Waals surface area contributed by atoms with Gasteiger partial charge in [-0.15, -0.1) is 0 Å². The highest BCUT2D eigenvalue weighted by Gasteiger charge is 2.44. The summed E-state index contributed by atoms with van der Waals surface area (Å²) in [6, 6.07) is 9.85. The number of aromatic nitrogens is 5. The highest BCUT2D eigenvalue weighted by molar-refractivity contribution is 5.99. The van der Waals surface area contributed by atoms with Crippen LogP contribution in [-0.2, 0) is 11.8 Å². The first-order chi connectivity index (χ1) is 18.3. The van der Waals surface area contributed by atoms with Crippen LogP contribution in [0.25, 0.3) is 33.5 Å². The molecule has 2 atom stereocenters. The van der Waals surface area contributed by atoms with Gasteiger partial charge < -0.3 is 15.5 Å². The number of nitrogens with zero attached hydrogens (tertiary/aromatic N) is 5. The number of oxazole rings is 1. The van der Waals surface area contributed by atoms with Crippen molar-refractivity contribution >= 4 is 28.3 Å². The summed E-state index contributed by atoms with van der Waals surface area (Å²) in [5.41, 5.74) is 12.0. The lowest BCUT2D eigenvalue weighted by molar-refractivity contribution is -0.117. The molecule has 192 valence electrons. The van der Waals surface area contributed by atoms with Crippen LogP contribution in [0, 0.1) is 12.8 Å². The molecule has 1 unspecified atom stereocenters. The van der Waals surface area contributed by atoms with Gasteiger partial charge in [0, 0.05) is 41.9 Å². The molecule has 0 bridgehead atoms. The lowest BCUT2D eigenvalue weighted by atomic mass is 10.0. The van der Waals surface area contributed by atoms with Crippen LogP contribution < -0.4 is 11.1 Å². The zero-order valence-corrected chi connectivity index (χ0v) is 21.8. The Bertz CT molecular complexity index is 1680. The van der Waals surface area contributed by atoms with Gasteiger partial charge in [-0.05, 0) is 66.0 Å². The first-order valence-electron chi connectivity index (χ1n) is 12.7. The number of nitrogens with one attached hydrogen (secondary N) is 1. The Morgan fingerprint density at radius 3 is 2.74 bits per heavy atom. The largest absolute Gasteiger partial charge is 0.444 e. The van der Waals surface area contributed by atoms with Crippen molar-refractivity contribution < 1.29 is 9.21 Å². The first-order valence-corrected chi connectivity index (χ1v) is 12.7. The number of amides is 1. The van der Waals surface area contributed by atoms with E-state index < -0.39 is 0 Å². The van der Waals surface area contributed by atoms with Gasteiger partial charge in [0.1, 0.15) is 17.9 Å². The molecule has 4 aromatic heterocycles. The van der Waals surface area contributed by atoms with Gasteiger partial charge in [0.15, 0.2) is 0 Å². The molecule has 0 radical (unpaired) electrons. The van der Waals surface area contributed by atoms with E-state index in [4.69, 9.17) is 10.2 Å². The van der Waals surface area contributed by atoms with Gasteiger partial charge in [-0.3, -0.25) is 9.48 Å². The predicted molar refractivity (Wildman–Crippen MR) is 146 cm³/mol. The van der Waals surface area contributed by atoms with Crippen molar-refractivity contribution in [3.8, 4) is 22.7 Å². The molecule has 1 aromatic carbocycles. The van der Waals surface area contributed by atoms with Crippen molar-refractivity contribution in [1.29, 1.82) is 0 Å². The molecule has 1 saturated carbocycles. The second-order valence-electron chi connectivity index (χ2n) is 10.3. The number of anilines is 2. The van der Waals surface area contributed by atoms with E-state index in [1.165, 1.54) is 0 Å². The van der Waals surface area contributed by atoms with Crippen molar-refractivity contribution in [2.24, 2.45) is 13.0 Å². The Kier molecular flexibility index (Phi) is 5.71. The third-order valence-corrected chi connectivity index (χ3v) is 7.14. The number of benzene rings is 1. The smallest absolute Gasteiger partial charge is 0.229 e. The quantitative estimate of drug-likeness (QED) is 0.313. The maximum absolute atomic E-state index is 12.9. The normalized spacial score (nSPS) is 16.8. The average Bonchev–Trinajstić information content (AvgIpc) is 3.30. The van der Waals surface area contributed by atoms with Crippen LogP contribution in [0.15, 0.2) is 59.6 Å². The topological polar surface area (TPSA) is 125 Å². The molecular weight excluding hydrogens is 478 g/mol.